The molecule has 8 nitrogen and oxygen atoms in total. The smallest absolute Gasteiger partial charge is 0.323 e. The molecule has 2 N–H and O–H groups in total. The second kappa shape index (κ2) is 10.5. The van der Waals surface area contributed by atoms with Crippen LogP contribution >= 0.6 is 0 Å². The number of aryl methyl sites for hydroxylation is 1. The van der Waals surface area contributed by atoms with Crippen LogP contribution in [0.15, 0.2) is 73.1 Å². The lowest BCUT2D eigenvalue weighted by atomic mass is 10.1. The molecule has 36 heavy (non-hydrogen) atoms. The van der Waals surface area contributed by atoms with Gasteiger partial charge in [-0.15, -0.1) is 0 Å². The van der Waals surface area contributed by atoms with Crippen molar-refractivity contribution >= 4 is 23.1 Å². The molecule has 3 heterocycles. The molecule has 1 saturated heterocycles. The van der Waals surface area contributed by atoms with Gasteiger partial charge in [0.2, 0.25) is 5.88 Å². The van der Waals surface area contributed by atoms with Crippen LogP contribution in [0.4, 0.5) is 26.2 Å². The first-order valence-corrected chi connectivity index (χ1v) is 11.9. The molecular formula is C27H27FN6O2. The highest BCUT2D eigenvalue weighted by molar-refractivity contribution is 6.00. The Morgan fingerprint density at radius 2 is 1.83 bits per heavy atom. The van der Waals surface area contributed by atoms with E-state index in [2.05, 4.69) is 25.6 Å². The minimum absolute atomic E-state index is 0.000555. The number of piperidine rings is 1. The van der Waals surface area contributed by atoms with E-state index in [4.69, 9.17) is 4.74 Å². The van der Waals surface area contributed by atoms with Crippen molar-refractivity contribution in [3.8, 4) is 22.9 Å². The van der Waals surface area contributed by atoms with E-state index in [0.717, 1.165) is 24.3 Å². The Morgan fingerprint density at radius 1 is 1.00 bits per heavy atom. The lowest BCUT2D eigenvalue weighted by Crippen LogP contribution is -2.29. The van der Waals surface area contributed by atoms with Crippen LogP contribution in [0.5, 0.6) is 11.6 Å². The predicted molar refractivity (Wildman–Crippen MR) is 138 cm³/mol. The lowest BCUT2D eigenvalue weighted by Gasteiger charge is -2.29. The van der Waals surface area contributed by atoms with Crippen LogP contribution in [0.25, 0.3) is 11.3 Å². The third-order valence-electron chi connectivity index (χ3n) is 5.96. The lowest BCUT2D eigenvalue weighted by molar-refractivity contribution is 0.262. The summed E-state index contributed by atoms with van der Waals surface area (Å²) in [5.74, 6) is 0.110. The van der Waals surface area contributed by atoms with E-state index in [-0.39, 0.29) is 5.69 Å². The van der Waals surface area contributed by atoms with Crippen LogP contribution in [0, 0.1) is 5.82 Å². The maximum absolute atomic E-state index is 14.5. The van der Waals surface area contributed by atoms with Gasteiger partial charge in [0, 0.05) is 55.4 Å². The summed E-state index contributed by atoms with van der Waals surface area (Å²) in [4.78, 5) is 19.4. The van der Waals surface area contributed by atoms with Gasteiger partial charge in [-0.1, -0.05) is 12.1 Å². The fourth-order valence-electron chi connectivity index (χ4n) is 4.19. The number of pyridine rings is 1. The number of nitrogens with zero attached hydrogens (tertiary/aromatic N) is 4. The molecule has 0 bridgehead atoms. The summed E-state index contributed by atoms with van der Waals surface area (Å²) in [5.41, 5.74) is 3.26. The molecule has 1 aliphatic heterocycles. The highest BCUT2D eigenvalue weighted by Crippen LogP contribution is 2.28. The maximum atomic E-state index is 14.5. The van der Waals surface area contributed by atoms with Gasteiger partial charge in [-0.25, -0.2) is 14.2 Å². The minimum atomic E-state index is -0.573. The van der Waals surface area contributed by atoms with E-state index in [9.17, 15) is 9.18 Å². The standard InChI is InChI=1S/C27H27FN6O2/c1-33-18-19(17-29-33)24-9-6-10-26(31-24)36-22-11-12-23(28)25(16-22)32-27(35)30-20-7-5-8-21(15-20)34-13-3-2-4-14-34/h5-12,15-18H,2-4,13-14H2,1H3,(H2,30,32,35). The van der Waals surface area contributed by atoms with E-state index < -0.39 is 11.8 Å². The number of aromatic nitrogens is 3. The molecule has 2 aromatic carbocycles. The quantitative estimate of drug-likeness (QED) is 0.347. The summed E-state index contributed by atoms with van der Waals surface area (Å²) in [6.45, 7) is 2.02. The molecule has 1 fully saturated rings. The van der Waals surface area contributed by atoms with Gasteiger partial charge in [0.05, 0.1) is 17.6 Å². The number of benzene rings is 2. The second-order valence-electron chi connectivity index (χ2n) is 8.68. The van der Waals surface area contributed by atoms with E-state index >= 15 is 0 Å². The number of anilines is 3. The van der Waals surface area contributed by atoms with Crippen LogP contribution < -0.4 is 20.3 Å². The van der Waals surface area contributed by atoms with Crippen molar-refractivity contribution in [2.45, 2.75) is 19.3 Å². The minimum Gasteiger partial charge on any atom is -0.439 e. The van der Waals surface area contributed by atoms with Crippen molar-refractivity contribution in [1.29, 1.82) is 0 Å². The third kappa shape index (κ3) is 5.63. The number of hydrogen-bond donors (Lipinski definition) is 2. The number of carbonyl (C=O) groups is 1. The number of nitrogens with one attached hydrogen (secondary N) is 2. The van der Waals surface area contributed by atoms with Gasteiger partial charge in [-0.05, 0) is 55.7 Å². The van der Waals surface area contributed by atoms with Crippen molar-refractivity contribution in [2.75, 3.05) is 28.6 Å². The Balaban J connectivity index is 1.26. The van der Waals surface area contributed by atoms with E-state index in [1.807, 2.05) is 49.6 Å². The summed E-state index contributed by atoms with van der Waals surface area (Å²) in [6, 6.07) is 16.7. The zero-order valence-electron chi connectivity index (χ0n) is 19.9. The number of urea groups is 1. The van der Waals surface area contributed by atoms with E-state index in [0.29, 0.717) is 23.0 Å². The molecule has 184 valence electrons. The van der Waals surface area contributed by atoms with Crippen LogP contribution in [0.2, 0.25) is 0 Å². The van der Waals surface area contributed by atoms with Gasteiger partial charge in [0.15, 0.2) is 0 Å². The van der Waals surface area contributed by atoms with Crippen LogP contribution in [-0.4, -0.2) is 33.9 Å². The van der Waals surface area contributed by atoms with Crippen LogP contribution in [-0.2, 0) is 7.05 Å². The zero-order valence-corrected chi connectivity index (χ0v) is 19.9. The first kappa shape index (κ1) is 23.3. The number of halogens is 1. The highest BCUT2D eigenvalue weighted by atomic mass is 19.1. The van der Waals surface area contributed by atoms with Crippen molar-refractivity contribution in [2.24, 2.45) is 7.05 Å². The SMILES string of the molecule is Cn1cc(-c2cccc(Oc3ccc(F)c(NC(=O)Nc4cccc(N5CCCCC5)c4)c3)n2)cn1. The second-order valence-corrected chi connectivity index (χ2v) is 8.68. The zero-order chi connectivity index (χ0) is 24.9. The van der Waals surface area contributed by atoms with Gasteiger partial charge < -0.3 is 20.3 Å². The van der Waals surface area contributed by atoms with Gasteiger partial charge >= 0.3 is 6.03 Å². The number of rotatable bonds is 6. The highest BCUT2D eigenvalue weighted by Gasteiger charge is 2.13. The van der Waals surface area contributed by atoms with E-state index in [1.54, 1.807) is 16.9 Å². The maximum Gasteiger partial charge on any atom is 0.323 e. The van der Waals surface area contributed by atoms with Crippen LogP contribution in [0.1, 0.15) is 19.3 Å². The monoisotopic (exact) mass is 486 g/mol. The summed E-state index contributed by atoms with van der Waals surface area (Å²) in [7, 11) is 1.83. The molecule has 0 atom stereocenters. The van der Waals surface area contributed by atoms with Crippen molar-refractivity contribution in [3.63, 3.8) is 0 Å². The van der Waals surface area contributed by atoms with Gasteiger partial charge in [-0.3, -0.25) is 4.68 Å². The first-order valence-electron chi connectivity index (χ1n) is 11.9. The summed E-state index contributed by atoms with van der Waals surface area (Å²) < 4.78 is 22.0. The Morgan fingerprint density at radius 3 is 2.64 bits per heavy atom. The van der Waals surface area contributed by atoms with Gasteiger partial charge in [-0.2, -0.15) is 5.10 Å². The van der Waals surface area contributed by atoms with Crippen molar-refractivity contribution in [3.05, 3.63) is 78.9 Å². The first-order chi connectivity index (χ1) is 17.5. The molecular weight excluding hydrogens is 459 g/mol. The number of hydrogen-bond acceptors (Lipinski definition) is 5. The number of carbonyl (C=O) groups excluding carboxylic acids is 1. The molecule has 0 spiro atoms. The molecule has 1 aliphatic rings. The Bertz CT molecular complexity index is 1370. The Hall–Kier alpha value is -4.40. The number of ether oxygens (including phenoxy) is 1. The van der Waals surface area contributed by atoms with Gasteiger partial charge in [0.25, 0.3) is 0 Å². The summed E-state index contributed by atoms with van der Waals surface area (Å²) in [6.07, 6.45) is 7.15. The molecule has 5 rings (SSSR count). The Labute approximate surface area is 208 Å². The molecule has 0 saturated carbocycles. The largest absolute Gasteiger partial charge is 0.439 e. The third-order valence-corrected chi connectivity index (χ3v) is 5.96. The molecule has 9 heteroatoms. The average Bonchev–Trinajstić information content (AvgIpc) is 3.33. The van der Waals surface area contributed by atoms with Crippen molar-refractivity contribution < 1.29 is 13.9 Å². The van der Waals surface area contributed by atoms with Gasteiger partial charge in [0.1, 0.15) is 11.6 Å². The predicted octanol–water partition coefficient (Wildman–Crippen LogP) is 6.05. The summed E-state index contributed by atoms with van der Waals surface area (Å²) in [5, 5.41) is 9.52. The average molecular weight is 487 g/mol. The van der Waals surface area contributed by atoms with E-state index in [1.165, 1.54) is 37.5 Å². The molecule has 0 aliphatic carbocycles. The summed E-state index contributed by atoms with van der Waals surface area (Å²) >= 11 is 0. The van der Waals surface area contributed by atoms with Crippen molar-refractivity contribution in [1.82, 2.24) is 14.8 Å². The Kier molecular flexibility index (Phi) is 6.79. The fraction of sp³-hybridized carbons (Fsp3) is 0.222. The molecule has 0 unspecified atom stereocenters. The molecule has 4 aromatic rings. The molecule has 2 aromatic heterocycles. The van der Waals surface area contributed by atoms with Crippen LogP contribution in [0.3, 0.4) is 0 Å². The fourth-order valence-corrected chi connectivity index (χ4v) is 4.19. The number of amides is 2. The topological polar surface area (TPSA) is 84.3 Å². The normalized spacial score (nSPS) is 13.3. The molecule has 2 amide bonds. The molecule has 0 radical (unpaired) electrons.